The van der Waals surface area contributed by atoms with Crippen LogP contribution in [0.3, 0.4) is 0 Å². The van der Waals surface area contributed by atoms with Gasteiger partial charge in [-0.05, 0) is 44.4 Å². The highest BCUT2D eigenvalue weighted by Gasteiger charge is 2.31. The summed E-state index contributed by atoms with van der Waals surface area (Å²) in [5, 5.41) is 0. The Morgan fingerprint density at radius 1 is 1.25 bits per heavy atom. The molecule has 20 heavy (non-hydrogen) atoms. The van der Waals surface area contributed by atoms with E-state index in [0.717, 1.165) is 29.9 Å². The Morgan fingerprint density at radius 2 is 2.05 bits per heavy atom. The van der Waals surface area contributed by atoms with Crippen LogP contribution in [-0.2, 0) is 0 Å². The minimum atomic E-state index is 0.514. The number of rotatable bonds is 4. The third kappa shape index (κ3) is 2.36. The molecule has 0 aliphatic heterocycles. The predicted octanol–water partition coefficient (Wildman–Crippen LogP) is 2.58. The molecular weight excluding hydrogens is 248 g/mol. The highest BCUT2D eigenvalue weighted by molar-refractivity contribution is 5.75. The number of hydrogen-bond acceptors (Lipinski definition) is 4. The Kier molecular flexibility index (Phi) is 3.83. The molecule has 1 saturated carbocycles. The van der Waals surface area contributed by atoms with Gasteiger partial charge >= 0.3 is 0 Å². The Balaban J connectivity index is 1.94. The molecule has 2 unspecified atom stereocenters. The number of para-hydroxylation sites is 2. The van der Waals surface area contributed by atoms with Crippen molar-refractivity contribution in [2.24, 2.45) is 11.7 Å². The lowest BCUT2D eigenvalue weighted by molar-refractivity contribution is 0.459. The van der Waals surface area contributed by atoms with Crippen LogP contribution in [0.15, 0.2) is 30.5 Å². The van der Waals surface area contributed by atoms with Crippen molar-refractivity contribution in [1.82, 2.24) is 9.97 Å². The zero-order valence-electron chi connectivity index (χ0n) is 12.0. The quantitative estimate of drug-likeness (QED) is 0.927. The molecule has 1 aromatic heterocycles. The van der Waals surface area contributed by atoms with Crippen LogP contribution in [0.2, 0.25) is 0 Å². The number of nitrogens with zero attached hydrogens (tertiary/aromatic N) is 3. The van der Waals surface area contributed by atoms with E-state index in [0.29, 0.717) is 12.0 Å². The van der Waals surface area contributed by atoms with Crippen molar-refractivity contribution in [3.8, 4) is 0 Å². The molecular formula is C16H22N4. The summed E-state index contributed by atoms with van der Waals surface area (Å²) in [5.41, 5.74) is 7.84. The molecule has 3 rings (SSSR count). The van der Waals surface area contributed by atoms with Crippen molar-refractivity contribution in [3.63, 3.8) is 0 Å². The van der Waals surface area contributed by atoms with Gasteiger partial charge in [0.2, 0.25) is 0 Å². The maximum absolute atomic E-state index is 5.92. The van der Waals surface area contributed by atoms with E-state index in [9.17, 15) is 0 Å². The van der Waals surface area contributed by atoms with Crippen LogP contribution in [0.5, 0.6) is 0 Å². The number of nitrogens with two attached hydrogens (primary N) is 1. The largest absolute Gasteiger partial charge is 0.352 e. The first-order valence-corrected chi connectivity index (χ1v) is 7.52. The summed E-state index contributed by atoms with van der Waals surface area (Å²) >= 11 is 0. The molecule has 1 fully saturated rings. The minimum Gasteiger partial charge on any atom is -0.352 e. The van der Waals surface area contributed by atoms with Crippen LogP contribution in [0.1, 0.15) is 26.2 Å². The molecule has 1 aromatic carbocycles. The summed E-state index contributed by atoms with van der Waals surface area (Å²) < 4.78 is 0. The SMILES string of the molecule is CCN(c1cnc2ccccc2n1)C1CCCC1CN. The second-order valence-corrected chi connectivity index (χ2v) is 5.50. The average molecular weight is 270 g/mol. The third-order valence-electron chi connectivity index (χ3n) is 4.39. The van der Waals surface area contributed by atoms with E-state index in [-0.39, 0.29) is 0 Å². The molecule has 1 aliphatic carbocycles. The van der Waals surface area contributed by atoms with Crippen molar-refractivity contribution in [2.45, 2.75) is 32.2 Å². The van der Waals surface area contributed by atoms with Crippen LogP contribution in [0.25, 0.3) is 11.0 Å². The summed E-state index contributed by atoms with van der Waals surface area (Å²) in [4.78, 5) is 11.7. The van der Waals surface area contributed by atoms with E-state index < -0.39 is 0 Å². The molecule has 2 aromatic rings. The van der Waals surface area contributed by atoms with Crippen LogP contribution in [0, 0.1) is 5.92 Å². The van der Waals surface area contributed by atoms with E-state index in [4.69, 9.17) is 10.7 Å². The lowest BCUT2D eigenvalue weighted by Gasteiger charge is -2.32. The number of aromatic nitrogens is 2. The fourth-order valence-electron chi connectivity index (χ4n) is 3.35. The topological polar surface area (TPSA) is 55.0 Å². The zero-order chi connectivity index (χ0) is 13.9. The second kappa shape index (κ2) is 5.75. The van der Waals surface area contributed by atoms with Gasteiger partial charge in [0.1, 0.15) is 5.82 Å². The summed E-state index contributed by atoms with van der Waals surface area (Å²) in [6.07, 6.45) is 5.62. The molecule has 0 spiro atoms. The molecule has 4 nitrogen and oxygen atoms in total. The maximum Gasteiger partial charge on any atom is 0.148 e. The molecule has 2 N–H and O–H groups in total. The van der Waals surface area contributed by atoms with Crippen LogP contribution >= 0.6 is 0 Å². The van der Waals surface area contributed by atoms with Gasteiger partial charge in [-0.2, -0.15) is 0 Å². The molecule has 0 amide bonds. The average Bonchev–Trinajstić information content (AvgIpc) is 2.96. The fourth-order valence-corrected chi connectivity index (χ4v) is 3.35. The molecule has 106 valence electrons. The summed E-state index contributed by atoms with van der Waals surface area (Å²) in [7, 11) is 0. The summed E-state index contributed by atoms with van der Waals surface area (Å²) in [5.74, 6) is 1.57. The Hall–Kier alpha value is -1.68. The highest BCUT2D eigenvalue weighted by Crippen LogP contribution is 2.31. The predicted molar refractivity (Wildman–Crippen MR) is 82.7 cm³/mol. The molecule has 4 heteroatoms. The van der Waals surface area contributed by atoms with Gasteiger partial charge in [-0.25, -0.2) is 4.98 Å². The Bertz CT molecular complexity index is 583. The first kappa shape index (κ1) is 13.3. The van der Waals surface area contributed by atoms with Crippen molar-refractivity contribution in [2.75, 3.05) is 18.0 Å². The van der Waals surface area contributed by atoms with Gasteiger partial charge in [0.05, 0.1) is 17.2 Å². The lowest BCUT2D eigenvalue weighted by Crippen LogP contribution is -2.40. The van der Waals surface area contributed by atoms with E-state index >= 15 is 0 Å². The second-order valence-electron chi connectivity index (χ2n) is 5.50. The van der Waals surface area contributed by atoms with Crippen molar-refractivity contribution >= 4 is 16.9 Å². The van der Waals surface area contributed by atoms with Gasteiger partial charge in [-0.15, -0.1) is 0 Å². The van der Waals surface area contributed by atoms with Gasteiger partial charge in [-0.1, -0.05) is 18.6 Å². The number of fused-ring (bicyclic) bond motifs is 1. The summed E-state index contributed by atoms with van der Waals surface area (Å²) in [6.45, 7) is 3.90. The standard InChI is InChI=1S/C16H22N4/c1-2-20(15-9-5-6-12(15)10-17)16-11-18-13-7-3-4-8-14(13)19-16/h3-4,7-8,11-12,15H,2,5-6,9-10,17H2,1H3. The summed E-state index contributed by atoms with van der Waals surface area (Å²) in [6, 6.07) is 8.54. The minimum absolute atomic E-state index is 0.514. The van der Waals surface area contributed by atoms with Crippen LogP contribution in [-0.4, -0.2) is 29.1 Å². The van der Waals surface area contributed by atoms with Gasteiger partial charge in [-0.3, -0.25) is 4.98 Å². The number of benzene rings is 1. The fraction of sp³-hybridized carbons (Fsp3) is 0.500. The number of hydrogen-bond donors (Lipinski definition) is 1. The zero-order valence-corrected chi connectivity index (χ0v) is 12.0. The molecule has 0 radical (unpaired) electrons. The molecule has 0 saturated heterocycles. The Morgan fingerprint density at radius 3 is 2.80 bits per heavy atom. The van der Waals surface area contributed by atoms with Gasteiger partial charge in [0.15, 0.2) is 0 Å². The van der Waals surface area contributed by atoms with E-state index in [1.54, 1.807) is 0 Å². The number of anilines is 1. The van der Waals surface area contributed by atoms with Crippen molar-refractivity contribution in [1.29, 1.82) is 0 Å². The molecule has 1 aliphatic rings. The van der Waals surface area contributed by atoms with Crippen LogP contribution < -0.4 is 10.6 Å². The monoisotopic (exact) mass is 270 g/mol. The van der Waals surface area contributed by atoms with Crippen molar-refractivity contribution < 1.29 is 0 Å². The van der Waals surface area contributed by atoms with Gasteiger partial charge in [0, 0.05) is 12.6 Å². The van der Waals surface area contributed by atoms with E-state index in [2.05, 4.69) is 16.8 Å². The van der Waals surface area contributed by atoms with Gasteiger partial charge in [0.25, 0.3) is 0 Å². The van der Waals surface area contributed by atoms with E-state index in [1.807, 2.05) is 30.5 Å². The van der Waals surface area contributed by atoms with Crippen molar-refractivity contribution in [3.05, 3.63) is 30.5 Å². The first-order valence-electron chi connectivity index (χ1n) is 7.52. The van der Waals surface area contributed by atoms with Crippen LogP contribution in [0.4, 0.5) is 5.82 Å². The Labute approximate surface area is 120 Å². The normalized spacial score (nSPS) is 22.3. The smallest absolute Gasteiger partial charge is 0.148 e. The van der Waals surface area contributed by atoms with E-state index in [1.165, 1.54) is 19.3 Å². The highest BCUT2D eigenvalue weighted by atomic mass is 15.2. The third-order valence-corrected chi connectivity index (χ3v) is 4.39. The maximum atomic E-state index is 5.92. The molecule has 2 atom stereocenters. The molecule has 0 bridgehead atoms. The lowest BCUT2D eigenvalue weighted by atomic mass is 10.0. The first-order chi connectivity index (χ1) is 9.83. The molecule has 1 heterocycles. The van der Waals surface area contributed by atoms with Gasteiger partial charge < -0.3 is 10.6 Å².